The van der Waals surface area contributed by atoms with Crippen molar-refractivity contribution in [3.63, 3.8) is 0 Å². The molecule has 29 heavy (non-hydrogen) atoms. The van der Waals surface area contributed by atoms with Gasteiger partial charge in [-0.05, 0) is 56.9 Å². The van der Waals surface area contributed by atoms with Crippen molar-refractivity contribution in [1.29, 1.82) is 0 Å². The predicted molar refractivity (Wildman–Crippen MR) is 115 cm³/mol. The minimum absolute atomic E-state index is 0.124. The molecule has 0 heterocycles. The van der Waals surface area contributed by atoms with Gasteiger partial charge in [0, 0.05) is 17.7 Å². The van der Waals surface area contributed by atoms with Gasteiger partial charge in [0.1, 0.15) is 5.75 Å². The Morgan fingerprint density at radius 1 is 1.00 bits per heavy atom. The molecule has 0 saturated heterocycles. The van der Waals surface area contributed by atoms with E-state index in [1.54, 1.807) is 45.6 Å². The first-order valence-corrected chi connectivity index (χ1v) is 9.39. The van der Waals surface area contributed by atoms with Crippen LogP contribution in [0.2, 0.25) is 0 Å². The second-order valence-corrected chi connectivity index (χ2v) is 6.65. The molecular weight excluding hydrogens is 370 g/mol. The molecule has 0 radical (unpaired) electrons. The maximum absolute atomic E-state index is 12.6. The minimum atomic E-state index is -0.124. The van der Waals surface area contributed by atoms with Crippen LogP contribution in [0.15, 0.2) is 42.5 Å². The molecule has 2 aromatic rings. The van der Waals surface area contributed by atoms with Crippen LogP contribution < -0.4 is 18.9 Å². The van der Waals surface area contributed by atoms with Crippen LogP contribution in [0.1, 0.15) is 22.3 Å². The molecule has 0 N–H and O–H groups in total. The van der Waals surface area contributed by atoms with Crippen LogP contribution in [-0.4, -0.2) is 59.3 Å². The molecule has 6 heteroatoms. The number of methoxy groups -OCH3 is 3. The van der Waals surface area contributed by atoms with Gasteiger partial charge in [-0.3, -0.25) is 4.79 Å². The van der Waals surface area contributed by atoms with Crippen molar-refractivity contribution in [3.05, 3.63) is 53.6 Å². The third-order valence-electron chi connectivity index (χ3n) is 4.29. The standard InChI is InChI=1S/C23H29NO5/c1-24(2)14-7-15-29-19-9-6-8-18(16-19)20(25)12-10-17-11-13-21(26-3)23(28-5)22(17)27-4/h6,8-13,16H,7,14-15H2,1-5H3/b12-10+. The highest BCUT2D eigenvalue weighted by molar-refractivity contribution is 6.07. The number of hydrogen-bond donors (Lipinski definition) is 0. The molecule has 0 fully saturated rings. The average Bonchev–Trinajstić information content (AvgIpc) is 2.74. The largest absolute Gasteiger partial charge is 0.494 e. The minimum Gasteiger partial charge on any atom is -0.494 e. The third kappa shape index (κ3) is 6.26. The number of benzene rings is 2. The number of rotatable bonds is 11. The third-order valence-corrected chi connectivity index (χ3v) is 4.29. The SMILES string of the molecule is COc1ccc(/C=C/C(=O)c2cccc(OCCCN(C)C)c2)c(OC)c1OC. The summed E-state index contributed by atoms with van der Waals surface area (Å²) in [6.07, 6.45) is 4.13. The van der Waals surface area contributed by atoms with E-state index in [-0.39, 0.29) is 5.78 Å². The van der Waals surface area contributed by atoms with Crippen molar-refractivity contribution in [3.8, 4) is 23.0 Å². The summed E-state index contributed by atoms with van der Waals surface area (Å²) < 4.78 is 21.9. The van der Waals surface area contributed by atoms with Gasteiger partial charge in [0.25, 0.3) is 0 Å². The molecular formula is C23H29NO5. The molecule has 0 aliphatic heterocycles. The summed E-state index contributed by atoms with van der Waals surface area (Å²) in [7, 11) is 8.71. The number of carbonyl (C=O) groups excluding carboxylic acids is 1. The predicted octanol–water partition coefficient (Wildman–Crippen LogP) is 3.94. The zero-order valence-corrected chi connectivity index (χ0v) is 17.7. The van der Waals surface area contributed by atoms with Gasteiger partial charge in [0.05, 0.1) is 27.9 Å². The molecule has 2 rings (SSSR count). The first-order chi connectivity index (χ1) is 14.0. The van der Waals surface area contributed by atoms with Crippen molar-refractivity contribution in [2.24, 2.45) is 0 Å². The highest BCUT2D eigenvalue weighted by atomic mass is 16.5. The van der Waals surface area contributed by atoms with E-state index in [4.69, 9.17) is 18.9 Å². The topological polar surface area (TPSA) is 57.2 Å². The Balaban J connectivity index is 2.12. The van der Waals surface area contributed by atoms with E-state index < -0.39 is 0 Å². The van der Waals surface area contributed by atoms with Crippen LogP contribution >= 0.6 is 0 Å². The van der Waals surface area contributed by atoms with E-state index in [2.05, 4.69) is 4.90 Å². The number of hydrogen-bond acceptors (Lipinski definition) is 6. The van der Waals surface area contributed by atoms with Gasteiger partial charge in [0.2, 0.25) is 5.75 Å². The first kappa shape index (κ1) is 22.3. The van der Waals surface area contributed by atoms with Gasteiger partial charge in [0.15, 0.2) is 17.3 Å². The molecule has 0 spiro atoms. The molecule has 156 valence electrons. The van der Waals surface area contributed by atoms with E-state index in [1.807, 2.05) is 32.3 Å². The van der Waals surface area contributed by atoms with Crippen LogP contribution in [0.3, 0.4) is 0 Å². The summed E-state index contributed by atoms with van der Waals surface area (Å²) in [5.74, 6) is 2.12. The molecule has 0 aliphatic rings. The summed E-state index contributed by atoms with van der Waals surface area (Å²) in [6.45, 7) is 1.56. The van der Waals surface area contributed by atoms with E-state index in [9.17, 15) is 4.79 Å². The Morgan fingerprint density at radius 2 is 1.76 bits per heavy atom. The fraction of sp³-hybridized carbons (Fsp3) is 0.348. The Labute approximate surface area is 172 Å². The number of nitrogens with zero attached hydrogens (tertiary/aromatic N) is 1. The molecule has 0 aliphatic carbocycles. The Bertz CT molecular complexity index is 845. The lowest BCUT2D eigenvalue weighted by atomic mass is 10.1. The fourth-order valence-corrected chi connectivity index (χ4v) is 2.83. The number of carbonyl (C=O) groups is 1. The molecule has 0 amide bonds. The Hall–Kier alpha value is -2.99. The molecule has 0 atom stereocenters. The summed E-state index contributed by atoms with van der Waals surface area (Å²) in [6, 6.07) is 10.8. The van der Waals surface area contributed by atoms with Crippen LogP contribution in [0.25, 0.3) is 6.08 Å². The van der Waals surface area contributed by atoms with Crippen LogP contribution in [0, 0.1) is 0 Å². The second kappa shape index (κ2) is 11.1. The lowest BCUT2D eigenvalue weighted by Crippen LogP contribution is -2.15. The lowest BCUT2D eigenvalue weighted by molar-refractivity contribution is 0.104. The second-order valence-electron chi connectivity index (χ2n) is 6.65. The normalized spacial score (nSPS) is 11.0. The number of allylic oxidation sites excluding steroid dienone is 1. The quantitative estimate of drug-likeness (QED) is 0.324. The van der Waals surface area contributed by atoms with Crippen LogP contribution in [0.4, 0.5) is 0 Å². The van der Waals surface area contributed by atoms with Gasteiger partial charge < -0.3 is 23.8 Å². The van der Waals surface area contributed by atoms with Gasteiger partial charge in [-0.15, -0.1) is 0 Å². The van der Waals surface area contributed by atoms with Gasteiger partial charge in [-0.1, -0.05) is 12.1 Å². The van der Waals surface area contributed by atoms with E-state index in [0.29, 0.717) is 35.2 Å². The molecule has 0 aromatic heterocycles. The average molecular weight is 399 g/mol. The highest BCUT2D eigenvalue weighted by Crippen LogP contribution is 2.40. The summed E-state index contributed by atoms with van der Waals surface area (Å²) in [4.78, 5) is 14.7. The number of ketones is 1. The van der Waals surface area contributed by atoms with Crippen molar-refractivity contribution in [1.82, 2.24) is 4.90 Å². The lowest BCUT2D eigenvalue weighted by Gasteiger charge is -2.14. The summed E-state index contributed by atoms with van der Waals surface area (Å²) in [5, 5.41) is 0. The van der Waals surface area contributed by atoms with Gasteiger partial charge in [-0.25, -0.2) is 0 Å². The van der Waals surface area contributed by atoms with E-state index in [1.165, 1.54) is 6.08 Å². The van der Waals surface area contributed by atoms with Crippen molar-refractivity contribution >= 4 is 11.9 Å². The smallest absolute Gasteiger partial charge is 0.203 e. The van der Waals surface area contributed by atoms with Crippen LogP contribution in [0.5, 0.6) is 23.0 Å². The van der Waals surface area contributed by atoms with E-state index in [0.717, 1.165) is 18.5 Å². The van der Waals surface area contributed by atoms with Crippen molar-refractivity contribution < 1.29 is 23.7 Å². The molecule has 0 bridgehead atoms. The van der Waals surface area contributed by atoms with Gasteiger partial charge >= 0.3 is 0 Å². The Kier molecular flexibility index (Phi) is 8.55. The Morgan fingerprint density at radius 3 is 2.41 bits per heavy atom. The number of ether oxygens (including phenoxy) is 4. The van der Waals surface area contributed by atoms with Crippen molar-refractivity contribution in [2.75, 3.05) is 48.6 Å². The maximum atomic E-state index is 12.6. The maximum Gasteiger partial charge on any atom is 0.203 e. The molecule has 6 nitrogen and oxygen atoms in total. The summed E-state index contributed by atoms with van der Waals surface area (Å²) >= 11 is 0. The molecule has 0 unspecified atom stereocenters. The van der Waals surface area contributed by atoms with Crippen molar-refractivity contribution in [2.45, 2.75) is 6.42 Å². The zero-order chi connectivity index (χ0) is 21.2. The molecule has 2 aromatic carbocycles. The monoisotopic (exact) mass is 399 g/mol. The van der Waals surface area contributed by atoms with E-state index >= 15 is 0 Å². The summed E-state index contributed by atoms with van der Waals surface area (Å²) in [5.41, 5.74) is 1.28. The zero-order valence-electron chi connectivity index (χ0n) is 17.7. The molecule has 0 saturated carbocycles. The first-order valence-electron chi connectivity index (χ1n) is 9.39. The fourth-order valence-electron chi connectivity index (χ4n) is 2.83. The van der Waals surface area contributed by atoms with Crippen LogP contribution in [-0.2, 0) is 0 Å². The highest BCUT2D eigenvalue weighted by Gasteiger charge is 2.14. The van der Waals surface area contributed by atoms with Gasteiger partial charge in [-0.2, -0.15) is 0 Å².